The molecule has 2 atom stereocenters. The van der Waals surface area contributed by atoms with Gasteiger partial charge in [-0.25, -0.2) is 9.37 Å². The monoisotopic (exact) mass is 517 g/mol. The number of Topliss-reactive ketones (excluding diaryl/α,β-unsaturated/α-hetero) is 1. The summed E-state index contributed by atoms with van der Waals surface area (Å²) in [4.78, 5) is 30.8. The third-order valence-electron chi connectivity index (χ3n) is 5.94. The number of rotatable bonds is 12. The quantitative estimate of drug-likeness (QED) is 0.303. The van der Waals surface area contributed by atoms with E-state index in [1.54, 1.807) is 20.8 Å². The predicted octanol–water partition coefficient (Wildman–Crippen LogP) is 5.14. The molecule has 9 nitrogen and oxygen atoms in total. The van der Waals surface area contributed by atoms with Gasteiger partial charge < -0.3 is 14.2 Å². The van der Waals surface area contributed by atoms with Gasteiger partial charge in [-0.3, -0.25) is 19.1 Å². The van der Waals surface area contributed by atoms with Gasteiger partial charge in [0.1, 0.15) is 29.7 Å². The zero-order valence-corrected chi connectivity index (χ0v) is 21.3. The van der Waals surface area contributed by atoms with E-state index in [-0.39, 0.29) is 66.7 Å². The van der Waals surface area contributed by atoms with E-state index in [1.165, 1.54) is 29.3 Å². The minimum absolute atomic E-state index is 0.0319. The van der Waals surface area contributed by atoms with E-state index >= 15 is 0 Å². The highest BCUT2D eigenvalue weighted by atomic mass is 31.2. The maximum atomic E-state index is 14.6. The third kappa shape index (κ3) is 6.16. The molecule has 11 heteroatoms. The first-order valence-electron chi connectivity index (χ1n) is 11.8. The minimum atomic E-state index is -3.68. The highest BCUT2D eigenvalue weighted by molar-refractivity contribution is 7.54. The van der Waals surface area contributed by atoms with E-state index in [0.29, 0.717) is 12.0 Å². The maximum Gasteiger partial charge on any atom is 0.350 e. The van der Waals surface area contributed by atoms with Crippen molar-refractivity contribution in [3.63, 3.8) is 0 Å². The molecule has 2 aromatic rings. The molecule has 0 bridgehead atoms. The zero-order chi connectivity index (χ0) is 26.5. The number of pyridine rings is 1. The van der Waals surface area contributed by atoms with E-state index in [9.17, 15) is 23.7 Å². The van der Waals surface area contributed by atoms with Crippen LogP contribution in [-0.4, -0.2) is 41.3 Å². The molecule has 1 aromatic carbocycles. The van der Waals surface area contributed by atoms with E-state index in [1.807, 2.05) is 6.07 Å². The molecule has 0 unspecified atom stereocenters. The number of carbonyl (C=O) groups is 2. The van der Waals surface area contributed by atoms with E-state index in [0.717, 1.165) is 6.07 Å². The van der Waals surface area contributed by atoms with Crippen LogP contribution in [0.25, 0.3) is 0 Å². The van der Waals surface area contributed by atoms with Crippen molar-refractivity contribution < 1.29 is 32.7 Å². The molecule has 1 N–H and O–H groups in total. The number of amides is 1. The fraction of sp³-hybridized carbons (Fsp3) is 0.440. The number of halogens is 1. The van der Waals surface area contributed by atoms with Gasteiger partial charge in [-0.15, -0.1) is 0 Å². The zero-order valence-electron chi connectivity index (χ0n) is 20.4. The summed E-state index contributed by atoms with van der Waals surface area (Å²) in [6.07, 6.45) is 1.46. The van der Waals surface area contributed by atoms with Gasteiger partial charge in [0.2, 0.25) is 5.91 Å². The minimum Gasteiger partial charge on any atom is -0.507 e. The molecule has 1 aromatic heterocycles. The van der Waals surface area contributed by atoms with E-state index in [4.69, 9.17) is 14.3 Å². The summed E-state index contributed by atoms with van der Waals surface area (Å²) in [7, 11) is -3.68. The topological polar surface area (TPSA) is 130 Å². The number of hydrogen-bond acceptors (Lipinski definition) is 8. The smallest absolute Gasteiger partial charge is 0.350 e. The molecule has 3 rings (SSSR count). The van der Waals surface area contributed by atoms with E-state index in [2.05, 4.69) is 4.98 Å². The number of nitriles is 1. The summed E-state index contributed by atoms with van der Waals surface area (Å²) in [5.74, 6) is -2.35. The molecule has 0 aliphatic heterocycles. The molecule has 1 heterocycles. The highest BCUT2D eigenvalue weighted by Crippen LogP contribution is 2.54. The predicted molar refractivity (Wildman–Crippen MR) is 130 cm³/mol. The number of aromatic hydroxyl groups is 1. The van der Waals surface area contributed by atoms with Gasteiger partial charge in [0.15, 0.2) is 5.78 Å². The van der Waals surface area contributed by atoms with Crippen molar-refractivity contribution in [2.75, 3.05) is 24.4 Å². The van der Waals surface area contributed by atoms with Gasteiger partial charge >= 0.3 is 7.60 Å². The number of carbonyl (C=O) groups excluding carboxylic acids is 2. The lowest BCUT2D eigenvalue weighted by Gasteiger charge is -2.26. The van der Waals surface area contributed by atoms with Crippen LogP contribution in [-0.2, 0) is 18.4 Å². The second kappa shape index (κ2) is 11.7. The summed E-state index contributed by atoms with van der Waals surface area (Å²) in [5, 5.41) is 19.6. The number of benzene rings is 1. The molecular formula is C25H29FN3O6P. The van der Waals surface area contributed by atoms with Crippen molar-refractivity contribution in [1.82, 2.24) is 4.98 Å². The normalized spacial score (nSPS) is 16.9. The average Bonchev–Trinajstić information content (AvgIpc) is 3.60. The Balaban J connectivity index is 1.85. The van der Waals surface area contributed by atoms with Crippen LogP contribution in [0.15, 0.2) is 30.5 Å². The Morgan fingerprint density at radius 3 is 2.47 bits per heavy atom. The van der Waals surface area contributed by atoms with Crippen LogP contribution >= 0.6 is 7.60 Å². The van der Waals surface area contributed by atoms with Crippen molar-refractivity contribution >= 4 is 25.1 Å². The van der Waals surface area contributed by atoms with Crippen LogP contribution in [0.3, 0.4) is 0 Å². The van der Waals surface area contributed by atoms with Crippen molar-refractivity contribution in [2.24, 2.45) is 5.92 Å². The number of ketones is 1. The van der Waals surface area contributed by atoms with Crippen LogP contribution < -0.4 is 4.90 Å². The maximum absolute atomic E-state index is 14.6. The van der Waals surface area contributed by atoms with Gasteiger partial charge in [-0.1, -0.05) is 6.92 Å². The fourth-order valence-corrected chi connectivity index (χ4v) is 5.76. The summed E-state index contributed by atoms with van der Waals surface area (Å²) in [6.45, 7) is 5.18. The van der Waals surface area contributed by atoms with Gasteiger partial charge in [0.05, 0.1) is 24.3 Å². The first-order chi connectivity index (χ1) is 17.2. The molecule has 0 spiro atoms. The summed E-state index contributed by atoms with van der Waals surface area (Å²) < 4.78 is 38.5. The van der Waals surface area contributed by atoms with Crippen LogP contribution in [0.5, 0.6) is 5.75 Å². The number of phenols is 1. The first kappa shape index (κ1) is 27.5. The third-order valence-corrected chi connectivity index (χ3v) is 7.87. The standard InChI is InChI=1S/C25H29FN3O6P/c1-4-21(30)18-8-9-20(26)24(25(18)32)19-11-17(19)12-23(31)29(15-36(33,34-5-2)35-6-3)22-10-7-16(13-27)14-28-22/h7-10,14,17,19,32H,4-6,11-12,15H2,1-3H3/t17-,19-/m1/s1. The van der Waals surface area contributed by atoms with Crippen LogP contribution in [0.1, 0.15) is 67.4 Å². The van der Waals surface area contributed by atoms with Crippen molar-refractivity contribution in [2.45, 2.75) is 46.0 Å². The second-order valence-electron chi connectivity index (χ2n) is 8.37. The molecule has 1 amide bonds. The number of hydrogen-bond donors (Lipinski definition) is 1. The molecule has 1 aliphatic rings. The SMILES string of the molecule is CCOP(=O)(CN(C(=O)C[C@H]1C[C@H]1c1c(F)ccc(C(=O)CC)c1O)c1ccc(C#N)cn1)OCC. The molecule has 1 fully saturated rings. The molecule has 1 saturated carbocycles. The molecular weight excluding hydrogens is 488 g/mol. The van der Waals surface area contributed by atoms with Crippen LogP contribution in [0.2, 0.25) is 0 Å². The van der Waals surface area contributed by atoms with Gasteiger partial charge in [0, 0.05) is 24.6 Å². The first-order valence-corrected chi connectivity index (χ1v) is 13.5. The van der Waals surface area contributed by atoms with Gasteiger partial charge in [-0.2, -0.15) is 5.26 Å². The second-order valence-corrected chi connectivity index (χ2v) is 10.4. The Labute approximate surface area is 209 Å². The number of nitrogens with zero attached hydrogens (tertiary/aromatic N) is 3. The Kier molecular flexibility index (Phi) is 8.96. The Morgan fingerprint density at radius 2 is 1.92 bits per heavy atom. The molecule has 192 valence electrons. The summed E-state index contributed by atoms with van der Waals surface area (Å²) in [5.41, 5.74) is 0.381. The summed E-state index contributed by atoms with van der Waals surface area (Å²) in [6, 6.07) is 7.32. The van der Waals surface area contributed by atoms with Crippen molar-refractivity contribution in [3.05, 3.63) is 53.0 Å². The molecule has 36 heavy (non-hydrogen) atoms. The van der Waals surface area contributed by atoms with Gasteiger partial charge in [0.25, 0.3) is 0 Å². The Bertz CT molecular complexity index is 1200. The Morgan fingerprint density at radius 1 is 1.22 bits per heavy atom. The molecule has 0 saturated heterocycles. The summed E-state index contributed by atoms with van der Waals surface area (Å²) >= 11 is 0. The lowest BCUT2D eigenvalue weighted by atomic mass is 9.99. The van der Waals surface area contributed by atoms with Crippen LogP contribution in [0, 0.1) is 23.1 Å². The number of phenolic OH excluding ortho intramolecular Hbond substituents is 1. The lowest BCUT2D eigenvalue weighted by Crippen LogP contribution is -2.33. The fourth-order valence-electron chi connectivity index (χ4n) is 4.09. The number of aromatic nitrogens is 1. The van der Waals surface area contributed by atoms with Crippen molar-refractivity contribution in [1.29, 1.82) is 5.26 Å². The van der Waals surface area contributed by atoms with Crippen LogP contribution in [0.4, 0.5) is 10.2 Å². The van der Waals surface area contributed by atoms with Gasteiger partial charge in [-0.05, 0) is 56.4 Å². The largest absolute Gasteiger partial charge is 0.507 e. The lowest BCUT2D eigenvalue weighted by molar-refractivity contribution is -0.118. The van der Waals surface area contributed by atoms with E-state index < -0.39 is 25.2 Å². The Hall–Kier alpha value is -3.12. The number of anilines is 1. The average molecular weight is 517 g/mol. The highest BCUT2D eigenvalue weighted by Gasteiger charge is 2.45. The molecule has 0 radical (unpaired) electrons. The van der Waals surface area contributed by atoms with Crippen molar-refractivity contribution in [3.8, 4) is 11.8 Å². The molecule has 1 aliphatic carbocycles.